The highest BCUT2D eigenvalue weighted by Crippen LogP contribution is 2.38. The average Bonchev–Trinajstić information content (AvgIpc) is 2.82. The minimum Gasteiger partial charge on any atom is -0.316 e. The summed E-state index contributed by atoms with van der Waals surface area (Å²) in [6, 6.07) is 14.3. The number of hydrogen-bond acceptors (Lipinski definition) is 3. The van der Waals surface area contributed by atoms with Gasteiger partial charge in [0.25, 0.3) is 0 Å². The first-order chi connectivity index (χ1) is 11.7. The maximum atomic E-state index is 6.62. The van der Waals surface area contributed by atoms with Crippen molar-refractivity contribution >= 4 is 24.0 Å². The molecule has 2 aromatic carbocycles. The van der Waals surface area contributed by atoms with Crippen molar-refractivity contribution in [2.75, 3.05) is 13.1 Å². The fourth-order valence-corrected chi connectivity index (χ4v) is 3.63. The zero-order valence-electron chi connectivity index (χ0n) is 14.0. The van der Waals surface area contributed by atoms with E-state index in [9.17, 15) is 0 Å². The lowest BCUT2D eigenvalue weighted by atomic mass is 9.93. The molecular formula is C19H20Cl2N4. The molecule has 1 N–H and O–H groups in total. The monoisotopic (exact) mass is 374 g/mol. The molecule has 0 radical (unpaired) electrons. The summed E-state index contributed by atoms with van der Waals surface area (Å²) < 4.78 is 0. The third kappa shape index (κ3) is 3.43. The Labute approximate surface area is 158 Å². The van der Waals surface area contributed by atoms with Crippen LogP contribution in [0.5, 0.6) is 0 Å². The standard InChI is InChI=1S/C19H19ClN4.ClH/c1-24-22-18(14-5-3-2-4-6-14)19(23-24)17-15-10-12-21-11-9-13(15)7-8-16(17)20;/h2-8,21H,9-12H2,1H3;1H. The molecule has 0 saturated carbocycles. The molecule has 0 unspecified atom stereocenters. The van der Waals surface area contributed by atoms with Crippen molar-refractivity contribution < 1.29 is 0 Å². The van der Waals surface area contributed by atoms with Crippen LogP contribution in [0.25, 0.3) is 22.5 Å². The highest BCUT2D eigenvalue weighted by atomic mass is 35.5. The van der Waals surface area contributed by atoms with Gasteiger partial charge in [0.2, 0.25) is 0 Å². The van der Waals surface area contributed by atoms with Crippen molar-refractivity contribution in [2.45, 2.75) is 12.8 Å². The van der Waals surface area contributed by atoms with Crippen molar-refractivity contribution in [1.29, 1.82) is 0 Å². The quantitative estimate of drug-likeness (QED) is 0.739. The van der Waals surface area contributed by atoms with E-state index in [1.165, 1.54) is 11.1 Å². The van der Waals surface area contributed by atoms with E-state index in [-0.39, 0.29) is 12.4 Å². The molecule has 0 atom stereocenters. The predicted octanol–water partition coefficient (Wildman–Crippen LogP) is 3.91. The van der Waals surface area contributed by atoms with E-state index in [0.717, 1.165) is 53.5 Å². The topological polar surface area (TPSA) is 42.7 Å². The Morgan fingerprint density at radius 1 is 0.960 bits per heavy atom. The molecule has 2 heterocycles. The van der Waals surface area contributed by atoms with E-state index in [4.69, 9.17) is 11.6 Å². The van der Waals surface area contributed by atoms with Crippen molar-refractivity contribution in [1.82, 2.24) is 20.3 Å². The normalized spacial score (nSPS) is 13.7. The molecule has 1 aromatic heterocycles. The summed E-state index contributed by atoms with van der Waals surface area (Å²) in [5.41, 5.74) is 6.48. The lowest BCUT2D eigenvalue weighted by Gasteiger charge is -2.13. The van der Waals surface area contributed by atoms with Crippen LogP contribution in [0.2, 0.25) is 5.02 Å². The number of fused-ring (bicyclic) bond motifs is 1. The summed E-state index contributed by atoms with van der Waals surface area (Å²) in [6.45, 7) is 1.96. The van der Waals surface area contributed by atoms with Crippen LogP contribution in [-0.2, 0) is 19.9 Å². The maximum absolute atomic E-state index is 6.62. The number of rotatable bonds is 2. The van der Waals surface area contributed by atoms with Crippen LogP contribution in [0.1, 0.15) is 11.1 Å². The molecule has 0 fully saturated rings. The van der Waals surface area contributed by atoms with Gasteiger partial charge in [-0.3, -0.25) is 0 Å². The van der Waals surface area contributed by atoms with E-state index >= 15 is 0 Å². The first-order valence-electron chi connectivity index (χ1n) is 8.22. The summed E-state index contributed by atoms with van der Waals surface area (Å²) >= 11 is 6.62. The van der Waals surface area contributed by atoms with Gasteiger partial charge >= 0.3 is 0 Å². The van der Waals surface area contributed by atoms with Gasteiger partial charge in [-0.25, -0.2) is 0 Å². The Hall–Kier alpha value is -1.88. The number of nitrogens with zero attached hydrogens (tertiary/aromatic N) is 3. The number of benzene rings is 2. The Morgan fingerprint density at radius 3 is 2.48 bits per heavy atom. The molecule has 0 bridgehead atoms. The second-order valence-corrected chi connectivity index (χ2v) is 6.47. The molecule has 0 saturated heterocycles. The molecule has 4 nitrogen and oxygen atoms in total. The minimum absolute atomic E-state index is 0. The molecule has 0 aliphatic carbocycles. The molecular weight excluding hydrogens is 355 g/mol. The largest absolute Gasteiger partial charge is 0.316 e. The van der Waals surface area contributed by atoms with Gasteiger partial charge in [0, 0.05) is 18.2 Å². The Kier molecular flexibility index (Phi) is 5.42. The molecule has 25 heavy (non-hydrogen) atoms. The van der Waals surface area contributed by atoms with E-state index in [1.54, 1.807) is 4.80 Å². The van der Waals surface area contributed by atoms with Crippen molar-refractivity contribution in [3.8, 4) is 22.5 Å². The third-order valence-corrected chi connectivity index (χ3v) is 4.79. The fraction of sp³-hybridized carbons (Fsp3) is 0.263. The molecule has 1 aliphatic rings. The molecule has 4 rings (SSSR count). The third-order valence-electron chi connectivity index (χ3n) is 4.48. The van der Waals surface area contributed by atoms with Crippen molar-refractivity contribution in [3.63, 3.8) is 0 Å². The molecule has 6 heteroatoms. The fourth-order valence-electron chi connectivity index (χ4n) is 3.37. The summed E-state index contributed by atoms with van der Waals surface area (Å²) in [7, 11) is 1.85. The number of nitrogens with one attached hydrogen (secondary N) is 1. The highest BCUT2D eigenvalue weighted by molar-refractivity contribution is 6.33. The first kappa shape index (κ1) is 17.9. The molecule has 130 valence electrons. The van der Waals surface area contributed by atoms with Crippen LogP contribution in [0.15, 0.2) is 42.5 Å². The first-order valence-corrected chi connectivity index (χ1v) is 8.60. The molecule has 1 aliphatic heterocycles. The lowest BCUT2D eigenvalue weighted by molar-refractivity contribution is 0.657. The number of aromatic nitrogens is 3. The van der Waals surface area contributed by atoms with Crippen LogP contribution in [0.3, 0.4) is 0 Å². The zero-order valence-corrected chi connectivity index (χ0v) is 15.6. The lowest BCUT2D eigenvalue weighted by Crippen LogP contribution is -2.16. The predicted molar refractivity (Wildman–Crippen MR) is 104 cm³/mol. The van der Waals surface area contributed by atoms with Gasteiger partial charge in [0.1, 0.15) is 11.4 Å². The van der Waals surface area contributed by atoms with E-state index in [0.29, 0.717) is 0 Å². The molecule has 0 amide bonds. The van der Waals surface area contributed by atoms with Crippen LogP contribution in [-0.4, -0.2) is 28.1 Å². The van der Waals surface area contributed by atoms with Crippen LogP contribution >= 0.6 is 24.0 Å². The summed E-state index contributed by atoms with van der Waals surface area (Å²) in [5.74, 6) is 0. The van der Waals surface area contributed by atoms with Gasteiger partial charge in [0.05, 0.1) is 5.02 Å². The second kappa shape index (κ2) is 7.56. The smallest absolute Gasteiger partial charge is 0.122 e. The Morgan fingerprint density at radius 2 is 1.68 bits per heavy atom. The van der Waals surface area contributed by atoms with E-state index in [1.807, 2.05) is 31.3 Å². The molecule has 3 aromatic rings. The number of hydrogen-bond donors (Lipinski definition) is 1. The van der Waals surface area contributed by atoms with E-state index < -0.39 is 0 Å². The summed E-state index contributed by atoms with van der Waals surface area (Å²) in [6.07, 6.45) is 1.97. The summed E-state index contributed by atoms with van der Waals surface area (Å²) in [4.78, 5) is 1.63. The zero-order chi connectivity index (χ0) is 16.5. The highest BCUT2D eigenvalue weighted by Gasteiger charge is 2.22. The van der Waals surface area contributed by atoms with Crippen LogP contribution < -0.4 is 5.32 Å². The second-order valence-electron chi connectivity index (χ2n) is 6.06. The minimum atomic E-state index is 0. The SMILES string of the molecule is Cl.Cn1nc(-c2ccccc2)c(-c2c(Cl)ccc3c2CCNCC3)n1. The average molecular weight is 375 g/mol. The van der Waals surface area contributed by atoms with Crippen molar-refractivity contribution in [3.05, 3.63) is 58.6 Å². The van der Waals surface area contributed by atoms with Gasteiger partial charge in [-0.2, -0.15) is 15.0 Å². The Bertz CT molecular complexity index is 875. The Balaban J connectivity index is 0.00000182. The number of halogens is 2. The van der Waals surface area contributed by atoms with E-state index in [2.05, 4.69) is 33.7 Å². The number of aryl methyl sites for hydroxylation is 1. The van der Waals surface area contributed by atoms with Crippen LogP contribution in [0.4, 0.5) is 0 Å². The van der Waals surface area contributed by atoms with Crippen molar-refractivity contribution in [2.24, 2.45) is 7.05 Å². The van der Waals surface area contributed by atoms with Gasteiger partial charge in [-0.1, -0.05) is 48.0 Å². The van der Waals surface area contributed by atoms with Crippen LogP contribution in [0, 0.1) is 0 Å². The summed E-state index contributed by atoms with van der Waals surface area (Å²) in [5, 5.41) is 13.5. The maximum Gasteiger partial charge on any atom is 0.122 e. The molecule has 0 spiro atoms. The van der Waals surface area contributed by atoms with Gasteiger partial charge in [0.15, 0.2) is 0 Å². The van der Waals surface area contributed by atoms with Gasteiger partial charge in [-0.15, -0.1) is 12.4 Å². The van der Waals surface area contributed by atoms with Gasteiger partial charge < -0.3 is 5.32 Å². The van der Waals surface area contributed by atoms with Gasteiger partial charge in [-0.05, 0) is 43.1 Å².